The minimum atomic E-state index is -3.07. The fourth-order valence-electron chi connectivity index (χ4n) is 4.64. The molecule has 2 aliphatic rings. The first-order valence-corrected chi connectivity index (χ1v) is 13.5. The number of rotatable bonds is 3. The summed E-state index contributed by atoms with van der Waals surface area (Å²) in [6, 6.07) is 5.60. The molecule has 0 aliphatic carbocycles. The number of pyridine rings is 1. The third-order valence-corrected chi connectivity index (χ3v) is 9.11. The molecule has 1 amide bonds. The summed E-state index contributed by atoms with van der Waals surface area (Å²) in [5, 5.41) is 7.41. The summed E-state index contributed by atoms with van der Waals surface area (Å²) in [4.78, 5) is 21.4. The van der Waals surface area contributed by atoms with Gasteiger partial charge < -0.3 is 4.90 Å². The maximum absolute atomic E-state index is 13.6. The molecule has 0 unspecified atom stereocenters. The van der Waals surface area contributed by atoms with Crippen LogP contribution in [-0.4, -0.2) is 58.6 Å². The number of thiophene rings is 1. The Balaban J connectivity index is 1.66. The van der Waals surface area contributed by atoms with Gasteiger partial charge in [0.1, 0.15) is 0 Å². The highest BCUT2D eigenvalue weighted by atomic mass is 32.2. The topological polar surface area (TPSA) is 85.2 Å². The molecule has 2 fully saturated rings. The number of fused-ring (bicyclic) bond motifs is 1. The summed E-state index contributed by atoms with van der Waals surface area (Å²) in [5.41, 5.74) is 2.68. The number of carbonyl (C=O) groups is 1. The van der Waals surface area contributed by atoms with Crippen molar-refractivity contribution < 1.29 is 13.2 Å². The Morgan fingerprint density at radius 2 is 2.00 bits per heavy atom. The number of hydrogen-bond donors (Lipinski definition) is 0. The standard InChI is InChI=1S/C22H26N4O3S2/c1-14-5-8-25(9-6-14)22(27)17-12-18(19-4-3-10-30-19)23-21-20(17)15(2)24-26(21)16-7-11-31(28,29)13-16/h3-4,10,12,14,16H,5-9,11,13H2,1-2H3/t16-/m1/s1. The molecule has 31 heavy (non-hydrogen) atoms. The third kappa shape index (κ3) is 3.78. The molecule has 2 aliphatic heterocycles. The van der Waals surface area contributed by atoms with Crippen LogP contribution in [0.5, 0.6) is 0 Å². The number of aryl methyl sites for hydroxylation is 1. The first-order chi connectivity index (χ1) is 14.8. The molecule has 0 radical (unpaired) electrons. The molecule has 7 nitrogen and oxygen atoms in total. The lowest BCUT2D eigenvalue weighted by atomic mass is 9.98. The lowest BCUT2D eigenvalue weighted by molar-refractivity contribution is 0.0699. The number of piperidine rings is 1. The maximum Gasteiger partial charge on any atom is 0.254 e. The molecule has 5 heterocycles. The number of sulfone groups is 1. The Bertz CT molecular complexity index is 1240. The summed E-state index contributed by atoms with van der Waals surface area (Å²) in [5.74, 6) is 0.887. The number of hydrogen-bond acceptors (Lipinski definition) is 6. The summed E-state index contributed by atoms with van der Waals surface area (Å²) in [6.45, 7) is 5.62. The maximum atomic E-state index is 13.6. The molecular weight excluding hydrogens is 432 g/mol. The number of likely N-dealkylation sites (tertiary alicyclic amines) is 1. The highest BCUT2D eigenvalue weighted by Crippen LogP contribution is 2.34. The number of aromatic nitrogens is 3. The van der Waals surface area contributed by atoms with Crippen LogP contribution in [0, 0.1) is 12.8 Å². The lowest BCUT2D eigenvalue weighted by Crippen LogP contribution is -2.38. The molecule has 2 saturated heterocycles. The first-order valence-electron chi connectivity index (χ1n) is 10.8. The fraction of sp³-hybridized carbons (Fsp3) is 0.500. The monoisotopic (exact) mass is 458 g/mol. The van der Waals surface area contributed by atoms with Crippen molar-refractivity contribution >= 4 is 38.1 Å². The Hall–Kier alpha value is -2.26. The molecule has 0 spiro atoms. The van der Waals surface area contributed by atoms with Gasteiger partial charge in [0, 0.05) is 13.1 Å². The van der Waals surface area contributed by atoms with E-state index in [0.717, 1.165) is 47.6 Å². The number of amides is 1. The van der Waals surface area contributed by atoms with Gasteiger partial charge in [0.05, 0.1) is 44.8 Å². The summed E-state index contributed by atoms with van der Waals surface area (Å²) in [7, 11) is -3.07. The second kappa shape index (κ2) is 7.70. The number of nitrogens with zero attached hydrogens (tertiary/aromatic N) is 4. The summed E-state index contributed by atoms with van der Waals surface area (Å²) >= 11 is 1.57. The van der Waals surface area contributed by atoms with E-state index in [2.05, 4.69) is 12.0 Å². The molecule has 0 saturated carbocycles. The molecule has 0 N–H and O–H groups in total. The quantitative estimate of drug-likeness (QED) is 0.597. The largest absolute Gasteiger partial charge is 0.339 e. The van der Waals surface area contributed by atoms with E-state index in [4.69, 9.17) is 4.98 Å². The smallest absolute Gasteiger partial charge is 0.254 e. The predicted molar refractivity (Wildman–Crippen MR) is 122 cm³/mol. The van der Waals surface area contributed by atoms with Crippen LogP contribution < -0.4 is 0 Å². The van der Waals surface area contributed by atoms with Gasteiger partial charge in [-0.1, -0.05) is 13.0 Å². The van der Waals surface area contributed by atoms with Crippen LogP contribution in [-0.2, 0) is 9.84 Å². The average Bonchev–Trinajstić information content (AvgIpc) is 3.47. The Labute approximate surface area is 186 Å². The molecule has 0 aromatic carbocycles. The fourth-order valence-corrected chi connectivity index (χ4v) is 7.02. The van der Waals surface area contributed by atoms with Crippen molar-refractivity contribution in [2.75, 3.05) is 24.6 Å². The molecule has 9 heteroatoms. The highest BCUT2D eigenvalue weighted by molar-refractivity contribution is 7.91. The van der Waals surface area contributed by atoms with Gasteiger partial charge in [0.15, 0.2) is 15.5 Å². The molecule has 0 bridgehead atoms. The molecule has 164 valence electrons. The van der Waals surface area contributed by atoms with Crippen molar-refractivity contribution in [3.63, 3.8) is 0 Å². The van der Waals surface area contributed by atoms with Crippen LogP contribution >= 0.6 is 11.3 Å². The van der Waals surface area contributed by atoms with E-state index in [1.54, 1.807) is 16.0 Å². The second-order valence-corrected chi connectivity index (χ2v) is 12.0. The first kappa shape index (κ1) is 20.6. The number of carbonyl (C=O) groups excluding carboxylic acids is 1. The molecule has 3 aromatic heterocycles. The zero-order chi connectivity index (χ0) is 21.8. The average molecular weight is 459 g/mol. The van der Waals surface area contributed by atoms with Crippen molar-refractivity contribution in [1.82, 2.24) is 19.7 Å². The van der Waals surface area contributed by atoms with E-state index in [1.165, 1.54) is 0 Å². The minimum Gasteiger partial charge on any atom is -0.339 e. The summed E-state index contributed by atoms with van der Waals surface area (Å²) < 4.78 is 25.9. The SMILES string of the molecule is Cc1nn([C@@H]2CCS(=O)(=O)C2)c2nc(-c3cccs3)cc(C(=O)N3CCC(C)CC3)c12. The van der Waals surface area contributed by atoms with Crippen LogP contribution in [0.15, 0.2) is 23.6 Å². The Morgan fingerprint density at radius 1 is 1.23 bits per heavy atom. The van der Waals surface area contributed by atoms with Crippen LogP contribution in [0.1, 0.15) is 48.3 Å². The van der Waals surface area contributed by atoms with E-state index in [-0.39, 0.29) is 23.5 Å². The zero-order valence-corrected chi connectivity index (χ0v) is 19.4. The van der Waals surface area contributed by atoms with Gasteiger partial charge in [0.2, 0.25) is 0 Å². The van der Waals surface area contributed by atoms with E-state index in [0.29, 0.717) is 23.5 Å². The van der Waals surface area contributed by atoms with E-state index >= 15 is 0 Å². The van der Waals surface area contributed by atoms with Crippen LogP contribution in [0.4, 0.5) is 0 Å². The van der Waals surface area contributed by atoms with E-state index < -0.39 is 9.84 Å². The summed E-state index contributed by atoms with van der Waals surface area (Å²) in [6.07, 6.45) is 2.54. The minimum absolute atomic E-state index is 0.0128. The lowest BCUT2D eigenvalue weighted by Gasteiger charge is -2.30. The van der Waals surface area contributed by atoms with Gasteiger partial charge in [-0.2, -0.15) is 5.10 Å². The van der Waals surface area contributed by atoms with E-state index in [9.17, 15) is 13.2 Å². The van der Waals surface area contributed by atoms with Gasteiger partial charge in [-0.3, -0.25) is 4.79 Å². The highest BCUT2D eigenvalue weighted by Gasteiger charge is 2.33. The third-order valence-electron chi connectivity index (χ3n) is 6.47. The molecular formula is C22H26N4O3S2. The van der Waals surface area contributed by atoms with Crippen LogP contribution in [0.3, 0.4) is 0 Å². The molecule has 1 atom stereocenters. The van der Waals surface area contributed by atoms with Crippen molar-refractivity contribution in [1.29, 1.82) is 0 Å². The molecule has 5 rings (SSSR count). The normalized spacial score (nSPS) is 21.7. The van der Waals surface area contributed by atoms with Crippen molar-refractivity contribution in [3.8, 4) is 10.6 Å². The van der Waals surface area contributed by atoms with Crippen LogP contribution in [0.25, 0.3) is 21.6 Å². The second-order valence-electron chi connectivity index (χ2n) is 8.79. The van der Waals surface area contributed by atoms with E-state index in [1.807, 2.05) is 35.4 Å². The van der Waals surface area contributed by atoms with Crippen LogP contribution in [0.2, 0.25) is 0 Å². The van der Waals surface area contributed by atoms with Gasteiger partial charge >= 0.3 is 0 Å². The van der Waals surface area contributed by atoms with Crippen molar-refractivity contribution in [2.24, 2.45) is 5.92 Å². The Morgan fingerprint density at radius 3 is 2.65 bits per heavy atom. The Kier molecular flexibility index (Phi) is 5.13. The predicted octanol–water partition coefficient (Wildman–Crippen LogP) is 3.70. The van der Waals surface area contributed by atoms with Gasteiger partial charge in [0.25, 0.3) is 5.91 Å². The zero-order valence-electron chi connectivity index (χ0n) is 17.7. The van der Waals surface area contributed by atoms with Crippen molar-refractivity contribution in [3.05, 3.63) is 34.8 Å². The molecule has 3 aromatic rings. The van der Waals surface area contributed by atoms with Crippen molar-refractivity contribution in [2.45, 2.75) is 39.2 Å². The van der Waals surface area contributed by atoms with Gasteiger partial charge in [-0.05, 0) is 49.6 Å². The van der Waals surface area contributed by atoms with Gasteiger partial charge in [-0.25, -0.2) is 18.1 Å². The van der Waals surface area contributed by atoms with Gasteiger partial charge in [-0.15, -0.1) is 11.3 Å².